The van der Waals surface area contributed by atoms with E-state index in [2.05, 4.69) is 4.98 Å². The molecule has 0 unspecified atom stereocenters. The lowest BCUT2D eigenvalue weighted by Gasteiger charge is -2.21. The molecule has 4 aromatic rings. The topological polar surface area (TPSA) is 101 Å². The molecule has 4 rings (SSSR count). The highest BCUT2D eigenvalue weighted by Crippen LogP contribution is 2.33. The van der Waals surface area contributed by atoms with Crippen LogP contribution >= 0.6 is 11.3 Å². The monoisotopic (exact) mass is 500 g/mol. The van der Waals surface area contributed by atoms with Crippen molar-refractivity contribution in [2.75, 3.05) is 17.4 Å². The second-order valence-electron chi connectivity index (χ2n) is 7.54. The molecule has 0 aliphatic rings. The number of hydrogen-bond donors (Lipinski definition) is 0. The van der Waals surface area contributed by atoms with Crippen molar-refractivity contribution in [3.8, 4) is 0 Å². The summed E-state index contributed by atoms with van der Waals surface area (Å²) in [4.78, 5) is 19.7. The van der Waals surface area contributed by atoms with Crippen LogP contribution < -0.4 is 4.90 Å². The maximum Gasteiger partial charge on any atom is 0.261 e. The highest BCUT2D eigenvalue weighted by atomic mass is 32.2. The van der Waals surface area contributed by atoms with Crippen LogP contribution in [0.3, 0.4) is 0 Å². The van der Waals surface area contributed by atoms with Gasteiger partial charge in [-0.25, -0.2) is 21.8 Å². The van der Waals surface area contributed by atoms with Crippen LogP contribution in [0.5, 0.6) is 0 Å². The summed E-state index contributed by atoms with van der Waals surface area (Å²) in [6, 6.07) is 19.9. The number of thiazole rings is 1. The van der Waals surface area contributed by atoms with Crippen molar-refractivity contribution in [2.24, 2.45) is 0 Å². The summed E-state index contributed by atoms with van der Waals surface area (Å²) in [6.45, 7) is 0.163. The van der Waals surface area contributed by atoms with Gasteiger partial charge in [-0.1, -0.05) is 53.8 Å². The summed E-state index contributed by atoms with van der Waals surface area (Å²) < 4.78 is 49.1. The molecule has 170 valence electrons. The van der Waals surface area contributed by atoms with Gasteiger partial charge in [0.1, 0.15) is 0 Å². The number of benzene rings is 3. The highest BCUT2D eigenvalue weighted by Gasteiger charge is 2.26. The third kappa shape index (κ3) is 4.97. The van der Waals surface area contributed by atoms with E-state index < -0.39 is 25.6 Å². The summed E-state index contributed by atoms with van der Waals surface area (Å²) in [6.07, 6.45) is 2.19. The highest BCUT2D eigenvalue weighted by molar-refractivity contribution is 7.91. The Hall–Kier alpha value is -3.08. The Balaban J connectivity index is 1.85. The number of rotatable bonds is 6. The first kappa shape index (κ1) is 23.1. The largest absolute Gasteiger partial charge is 0.279 e. The van der Waals surface area contributed by atoms with Gasteiger partial charge in [0.05, 0.1) is 32.1 Å². The summed E-state index contributed by atoms with van der Waals surface area (Å²) in [5.41, 5.74) is 1.43. The van der Waals surface area contributed by atoms with Gasteiger partial charge in [0.2, 0.25) is 0 Å². The number of sulfone groups is 2. The third-order valence-electron chi connectivity index (χ3n) is 4.95. The molecule has 33 heavy (non-hydrogen) atoms. The maximum absolute atomic E-state index is 13.7. The normalized spacial score (nSPS) is 12.1. The van der Waals surface area contributed by atoms with Crippen LogP contribution in [0.4, 0.5) is 5.13 Å². The second kappa shape index (κ2) is 8.69. The van der Waals surface area contributed by atoms with Gasteiger partial charge in [-0.3, -0.25) is 9.69 Å². The van der Waals surface area contributed by atoms with E-state index in [9.17, 15) is 21.6 Å². The number of fused-ring (bicyclic) bond motifs is 1. The van der Waals surface area contributed by atoms with E-state index >= 15 is 0 Å². The van der Waals surface area contributed by atoms with E-state index in [1.165, 1.54) is 40.5 Å². The molecular formula is C23H20N2O5S3. The quantitative estimate of drug-likeness (QED) is 0.397. The lowest BCUT2D eigenvalue weighted by atomic mass is 10.1. The molecule has 0 aliphatic carbocycles. The van der Waals surface area contributed by atoms with Crippen molar-refractivity contribution < 1.29 is 21.6 Å². The molecule has 1 amide bonds. The van der Waals surface area contributed by atoms with E-state index in [0.29, 0.717) is 15.3 Å². The lowest BCUT2D eigenvalue weighted by molar-refractivity contribution is 0.0982. The van der Waals surface area contributed by atoms with Gasteiger partial charge in [-0.15, -0.1) is 0 Å². The summed E-state index contributed by atoms with van der Waals surface area (Å²) in [7, 11) is -7.05. The molecule has 0 fully saturated rings. The van der Waals surface area contributed by atoms with Crippen molar-refractivity contribution >= 4 is 52.3 Å². The van der Waals surface area contributed by atoms with E-state index in [1.807, 2.05) is 30.3 Å². The number of carbonyl (C=O) groups is 1. The van der Waals surface area contributed by atoms with E-state index in [0.717, 1.165) is 18.1 Å². The first-order valence-electron chi connectivity index (χ1n) is 9.79. The molecule has 0 aliphatic heterocycles. The van der Waals surface area contributed by atoms with Crippen molar-refractivity contribution in [3.63, 3.8) is 0 Å². The van der Waals surface area contributed by atoms with Crippen molar-refractivity contribution in [1.29, 1.82) is 0 Å². The third-order valence-corrected chi connectivity index (χ3v) is 8.26. The van der Waals surface area contributed by atoms with Gasteiger partial charge >= 0.3 is 0 Å². The molecule has 10 heteroatoms. The van der Waals surface area contributed by atoms with Crippen molar-refractivity contribution in [1.82, 2.24) is 4.98 Å². The number of hydrogen-bond acceptors (Lipinski definition) is 7. The zero-order chi connectivity index (χ0) is 23.8. The molecule has 0 N–H and O–H groups in total. The Labute approximate surface area is 196 Å². The fourth-order valence-corrected chi connectivity index (χ4v) is 5.95. The zero-order valence-electron chi connectivity index (χ0n) is 17.8. The molecule has 0 saturated carbocycles. The summed E-state index contributed by atoms with van der Waals surface area (Å²) >= 11 is 1.17. The Morgan fingerprint density at radius 2 is 1.55 bits per heavy atom. The van der Waals surface area contributed by atoms with Crippen LogP contribution in [-0.2, 0) is 26.2 Å². The first-order valence-corrected chi connectivity index (χ1v) is 14.4. The molecule has 7 nitrogen and oxygen atoms in total. The number of carbonyl (C=O) groups excluding carboxylic acids is 1. The minimum Gasteiger partial charge on any atom is -0.279 e. The summed E-state index contributed by atoms with van der Waals surface area (Å²) in [5.74, 6) is -0.512. The first-order chi connectivity index (χ1) is 15.5. The van der Waals surface area contributed by atoms with Gasteiger partial charge in [-0.05, 0) is 35.9 Å². The van der Waals surface area contributed by atoms with Crippen LogP contribution in [0, 0.1) is 0 Å². The molecule has 1 heterocycles. The molecule has 0 radical (unpaired) electrons. The standard InChI is InChI=1S/C23H20N2O5S3/c1-32(27,28)17-12-13-19-20(14-17)31-23(24-19)25(15-16-8-4-3-5-9-16)22(26)18-10-6-7-11-21(18)33(2,29)30/h3-14H,15H2,1-2H3. The minimum absolute atomic E-state index is 0.0482. The van der Waals surface area contributed by atoms with E-state index in [4.69, 9.17) is 0 Å². The second-order valence-corrected chi connectivity index (χ2v) is 12.6. The Morgan fingerprint density at radius 3 is 2.21 bits per heavy atom. The van der Waals surface area contributed by atoms with Gasteiger partial charge in [0.25, 0.3) is 5.91 Å². The van der Waals surface area contributed by atoms with Crippen molar-refractivity contribution in [3.05, 3.63) is 83.9 Å². The van der Waals surface area contributed by atoms with Gasteiger partial charge < -0.3 is 0 Å². The fraction of sp³-hybridized carbons (Fsp3) is 0.130. The molecule has 0 atom stereocenters. The smallest absolute Gasteiger partial charge is 0.261 e. The lowest BCUT2D eigenvalue weighted by Crippen LogP contribution is -2.31. The Bertz CT molecular complexity index is 1560. The Kier molecular flexibility index (Phi) is 6.08. The predicted molar refractivity (Wildman–Crippen MR) is 129 cm³/mol. The van der Waals surface area contributed by atoms with Crippen molar-refractivity contribution in [2.45, 2.75) is 16.3 Å². The van der Waals surface area contributed by atoms with Crippen LogP contribution in [0.15, 0.2) is 82.6 Å². The van der Waals surface area contributed by atoms with Crippen LogP contribution in [-0.4, -0.2) is 40.2 Å². The van der Waals surface area contributed by atoms with Crippen LogP contribution in [0.1, 0.15) is 15.9 Å². The molecule has 3 aromatic carbocycles. The molecule has 0 saturated heterocycles. The minimum atomic E-state index is -3.64. The zero-order valence-corrected chi connectivity index (χ0v) is 20.2. The van der Waals surface area contributed by atoms with Gasteiger partial charge in [0, 0.05) is 12.5 Å². The SMILES string of the molecule is CS(=O)(=O)c1ccc2nc(N(Cc3ccccc3)C(=O)c3ccccc3S(C)(=O)=O)sc2c1. The van der Waals surface area contributed by atoms with Gasteiger partial charge in [-0.2, -0.15) is 0 Å². The molecule has 0 spiro atoms. The fourth-order valence-electron chi connectivity index (χ4n) is 3.34. The number of nitrogens with zero attached hydrogens (tertiary/aromatic N) is 2. The molecule has 0 bridgehead atoms. The molecule has 1 aromatic heterocycles. The number of aromatic nitrogens is 1. The average molecular weight is 501 g/mol. The van der Waals surface area contributed by atoms with Gasteiger partial charge in [0.15, 0.2) is 24.8 Å². The predicted octanol–water partition coefficient (Wildman–Crippen LogP) is 3.95. The van der Waals surface area contributed by atoms with E-state index in [-0.39, 0.29) is 21.9 Å². The number of amides is 1. The van der Waals surface area contributed by atoms with Crippen LogP contribution in [0.25, 0.3) is 10.2 Å². The number of anilines is 1. The van der Waals surface area contributed by atoms with Crippen LogP contribution in [0.2, 0.25) is 0 Å². The summed E-state index contributed by atoms with van der Waals surface area (Å²) in [5, 5.41) is 0.341. The average Bonchev–Trinajstić information content (AvgIpc) is 3.19. The maximum atomic E-state index is 13.7. The van der Waals surface area contributed by atoms with E-state index in [1.54, 1.807) is 18.2 Å². The molecular weight excluding hydrogens is 480 g/mol. The Morgan fingerprint density at radius 1 is 0.879 bits per heavy atom.